The lowest BCUT2D eigenvalue weighted by Crippen LogP contribution is -2.45. The van der Waals surface area contributed by atoms with Crippen molar-refractivity contribution in [1.29, 1.82) is 0 Å². The summed E-state index contributed by atoms with van der Waals surface area (Å²) in [6.45, 7) is 4.47. The Hall–Kier alpha value is -0.130. The van der Waals surface area contributed by atoms with Crippen molar-refractivity contribution in [3.8, 4) is 0 Å². The first kappa shape index (κ1) is 13.9. The normalized spacial score (nSPS) is 21.2. The molecular formula is C11H24N2O2S. The predicted octanol–water partition coefficient (Wildman–Crippen LogP) is 1.22. The van der Waals surface area contributed by atoms with Crippen LogP contribution < -0.4 is 10.5 Å². The van der Waals surface area contributed by atoms with E-state index in [-0.39, 0.29) is 10.7 Å². The summed E-state index contributed by atoms with van der Waals surface area (Å²) in [6.07, 6.45) is 5.67. The molecule has 1 saturated carbocycles. The van der Waals surface area contributed by atoms with Crippen LogP contribution in [-0.4, -0.2) is 26.8 Å². The van der Waals surface area contributed by atoms with Gasteiger partial charge < -0.3 is 5.73 Å². The van der Waals surface area contributed by atoms with Gasteiger partial charge in [-0.25, -0.2) is 13.1 Å². The Labute approximate surface area is 99.0 Å². The van der Waals surface area contributed by atoms with Gasteiger partial charge in [0.2, 0.25) is 10.0 Å². The molecule has 0 aromatic rings. The highest BCUT2D eigenvalue weighted by Gasteiger charge is 2.32. The van der Waals surface area contributed by atoms with E-state index in [0.29, 0.717) is 13.1 Å². The van der Waals surface area contributed by atoms with Gasteiger partial charge in [-0.05, 0) is 38.6 Å². The Kier molecular flexibility index (Phi) is 4.76. The van der Waals surface area contributed by atoms with Crippen LogP contribution in [0.25, 0.3) is 0 Å². The minimum absolute atomic E-state index is 0.000208. The van der Waals surface area contributed by atoms with E-state index in [9.17, 15) is 8.42 Å². The molecule has 0 radical (unpaired) electrons. The molecule has 0 aromatic heterocycles. The lowest BCUT2D eigenvalue weighted by molar-refractivity contribution is 0.202. The molecule has 0 saturated heterocycles. The summed E-state index contributed by atoms with van der Waals surface area (Å²) in [5.41, 5.74) is 5.81. The average Bonchev–Trinajstić information content (AvgIpc) is 2.28. The van der Waals surface area contributed by atoms with Crippen LogP contribution in [-0.2, 0) is 10.0 Å². The van der Waals surface area contributed by atoms with Gasteiger partial charge in [-0.3, -0.25) is 0 Å². The molecule has 0 spiro atoms. The molecule has 5 heteroatoms. The van der Waals surface area contributed by atoms with Gasteiger partial charge in [0.1, 0.15) is 0 Å². The van der Waals surface area contributed by atoms with Crippen molar-refractivity contribution in [2.45, 2.75) is 51.2 Å². The molecule has 0 aromatic carbocycles. The van der Waals surface area contributed by atoms with Crippen LogP contribution in [0.1, 0.15) is 46.0 Å². The third kappa shape index (κ3) is 3.43. The third-order valence-electron chi connectivity index (χ3n) is 3.62. The number of hydrogen-bond acceptors (Lipinski definition) is 3. The predicted molar refractivity (Wildman–Crippen MR) is 66.6 cm³/mol. The highest BCUT2D eigenvalue weighted by molar-refractivity contribution is 7.90. The maximum absolute atomic E-state index is 11.7. The highest BCUT2D eigenvalue weighted by atomic mass is 32.2. The second-order valence-corrected chi connectivity index (χ2v) is 7.50. The SMILES string of the molecule is CC(C)S(=O)(=O)NCC1(CN)CCCCC1. The van der Waals surface area contributed by atoms with Gasteiger partial charge in [0.25, 0.3) is 0 Å². The number of rotatable bonds is 5. The molecule has 0 aliphatic heterocycles. The van der Waals surface area contributed by atoms with Crippen LogP contribution in [0.5, 0.6) is 0 Å². The molecule has 0 heterocycles. The Bertz CT molecular complexity index is 306. The average molecular weight is 248 g/mol. The van der Waals surface area contributed by atoms with E-state index >= 15 is 0 Å². The quantitative estimate of drug-likeness (QED) is 0.768. The minimum Gasteiger partial charge on any atom is -0.330 e. The van der Waals surface area contributed by atoms with E-state index in [1.807, 2.05) is 0 Å². The molecule has 1 aliphatic carbocycles. The molecule has 96 valence electrons. The van der Waals surface area contributed by atoms with Gasteiger partial charge in [-0.2, -0.15) is 0 Å². The first-order chi connectivity index (χ1) is 7.42. The van der Waals surface area contributed by atoms with Crippen molar-refractivity contribution >= 4 is 10.0 Å². The summed E-state index contributed by atoms with van der Waals surface area (Å²) in [6, 6.07) is 0. The van der Waals surface area contributed by atoms with Crippen molar-refractivity contribution in [1.82, 2.24) is 4.72 Å². The van der Waals surface area contributed by atoms with E-state index < -0.39 is 10.0 Å². The van der Waals surface area contributed by atoms with E-state index in [1.165, 1.54) is 19.3 Å². The van der Waals surface area contributed by atoms with Crippen molar-refractivity contribution < 1.29 is 8.42 Å². The molecule has 4 nitrogen and oxygen atoms in total. The van der Waals surface area contributed by atoms with Crippen molar-refractivity contribution in [3.63, 3.8) is 0 Å². The molecule has 1 aliphatic rings. The maximum Gasteiger partial charge on any atom is 0.213 e. The van der Waals surface area contributed by atoms with E-state index in [1.54, 1.807) is 13.8 Å². The van der Waals surface area contributed by atoms with Gasteiger partial charge in [0, 0.05) is 6.54 Å². The molecular weight excluding hydrogens is 224 g/mol. The Morgan fingerprint density at radius 1 is 1.25 bits per heavy atom. The van der Waals surface area contributed by atoms with Crippen molar-refractivity contribution in [2.75, 3.05) is 13.1 Å². The van der Waals surface area contributed by atoms with Gasteiger partial charge in [-0.15, -0.1) is 0 Å². The van der Waals surface area contributed by atoms with Crippen LogP contribution in [0.3, 0.4) is 0 Å². The minimum atomic E-state index is -3.15. The van der Waals surface area contributed by atoms with Gasteiger partial charge in [-0.1, -0.05) is 19.3 Å². The van der Waals surface area contributed by atoms with E-state index in [4.69, 9.17) is 5.73 Å². The summed E-state index contributed by atoms with van der Waals surface area (Å²) >= 11 is 0. The van der Waals surface area contributed by atoms with Crippen molar-refractivity contribution in [3.05, 3.63) is 0 Å². The second-order valence-electron chi connectivity index (χ2n) is 5.18. The topological polar surface area (TPSA) is 72.2 Å². The number of sulfonamides is 1. The number of nitrogens with one attached hydrogen (secondary N) is 1. The molecule has 16 heavy (non-hydrogen) atoms. The Balaban J connectivity index is 2.58. The van der Waals surface area contributed by atoms with Gasteiger partial charge in [0.15, 0.2) is 0 Å². The Morgan fingerprint density at radius 3 is 2.25 bits per heavy atom. The number of nitrogens with two attached hydrogens (primary N) is 1. The van der Waals surface area contributed by atoms with Crippen LogP contribution in [0.2, 0.25) is 0 Å². The van der Waals surface area contributed by atoms with Crippen molar-refractivity contribution in [2.24, 2.45) is 11.1 Å². The van der Waals surface area contributed by atoms with Crippen LogP contribution >= 0.6 is 0 Å². The van der Waals surface area contributed by atoms with E-state index in [2.05, 4.69) is 4.72 Å². The van der Waals surface area contributed by atoms with E-state index in [0.717, 1.165) is 12.8 Å². The fraction of sp³-hybridized carbons (Fsp3) is 1.00. The first-order valence-electron chi connectivity index (χ1n) is 6.10. The standard InChI is InChI=1S/C11H24N2O2S/c1-10(2)16(14,15)13-9-11(8-12)6-4-3-5-7-11/h10,13H,3-9,12H2,1-2H3. The molecule has 0 amide bonds. The zero-order valence-electron chi connectivity index (χ0n) is 10.3. The fourth-order valence-electron chi connectivity index (χ4n) is 2.18. The highest BCUT2D eigenvalue weighted by Crippen LogP contribution is 2.34. The smallest absolute Gasteiger partial charge is 0.213 e. The monoisotopic (exact) mass is 248 g/mol. The lowest BCUT2D eigenvalue weighted by atomic mass is 9.74. The third-order valence-corrected chi connectivity index (χ3v) is 5.40. The first-order valence-corrected chi connectivity index (χ1v) is 7.65. The maximum atomic E-state index is 11.7. The second kappa shape index (κ2) is 5.47. The number of hydrogen-bond donors (Lipinski definition) is 2. The molecule has 0 atom stereocenters. The summed E-state index contributed by atoms with van der Waals surface area (Å²) in [5.74, 6) is 0. The molecule has 0 bridgehead atoms. The van der Waals surface area contributed by atoms with Gasteiger partial charge >= 0.3 is 0 Å². The lowest BCUT2D eigenvalue weighted by Gasteiger charge is -2.36. The van der Waals surface area contributed by atoms with Crippen LogP contribution in [0.15, 0.2) is 0 Å². The molecule has 1 rings (SSSR count). The summed E-state index contributed by atoms with van der Waals surface area (Å²) < 4.78 is 26.1. The van der Waals surface area contributed by atoms with Crippen LogP contribution in [0, 0.1) is 5.41 Å². The zero-order chi connectivity index (χ0) is 12.2. The van der Waals surface area contributed by atoms with Crippen LogP contribution in [0.4, 0.5) is 0 Å². The fourth-order valence-corrected chi connectivity index (χ4v) is 3.02. The molecule has 1 fully saturated rings. The summed E-state index contributed by atoms with van der Waals surface area (Å²) in [5, 5.41) is -0.370. The molecule has 0 unspecified atom stereocenters. The largest absolute Gasteiger partial charge is 0.330 e. The molecule has 3 N–H and O–H groups in total. The zero-order valence-corrected chi connectivity index (χ0v) is 11.1. The summed E-state index contributed by atoms with van der Waals surface area (Å²) in [4.78, 5) is 0. The van der Waals surface area contributed by atoms with Gasteiger partial charge in [0.05, 0.1) is 5.25 Å². The Morgan fingerprint density at radius 2 is 1.81 bits per heavy atom. The summed E-state index contributed by atoms with van der Waals surface area (Å²) in [7, 11) is -3.15.